The molecule has 0 bridgehead atoms. The Morgan fingerprint density at radius 2 is 1.69 bits per heavy atom. The predicted octanol–water partition coefficient (Wildman–Crippen LogP) is 3.55. The highest BCUT2D eigenvalue weighted by atomic mass is 19.1. The van der Waals surface area contributed by atoms with E-state index in [-0.39, 0.29) is 30.4 Å². The molecule has 1 fully saturated rings. The molecule has 134 valence electrons. The zero-order valence-electron chi connectivity index (χ0n) is 14.2. The second-order valence-electron chi connectivity index (χ2n) is 6.17. The van der Waals surface area contributed by atoms with Crippen LogP contribution in [-0.4, -0.2) is 24.1 Å². The van der Waals surface area contributed by atoms with Crippen LogP contribution in [0.3, 0.4) is 0 Å². The summed E-state index contributed by atoms with van der Waals surface area (Å²) in [6.07, 6.45) is 1.53. The lowest BCUT2D eigenvalue weighted by Crippen LogP contribution is -2.23. The lowest BCUT2D eigenvalue weighted by atomic mass is 10.1. The Bertz CT molecular complexity index is 816. The van der Waals surface area contributed by atoms with Gasteiger partial charge in [0.05, 0.1) is 0 Å². The first kappa shape index (κ1) is 17.8. The minimum atomic E-state index is -0.404. The van der Waals surface area contributed by atoms with Crippen molar-refractivity contribution >= 4 is 29.0 Å². The molecule has 3 rings (SSSR count). The second-order valence-corrected chi connectivity index (χ2v) is 6.17. The molecule has 0 aliphatic carbocycles. The van der Waals surface area contributed by atoms with E-state index in [0.29, 0.717) is 17.7 Å². The third-order valence-corrected chi connectivity index (χ3v) is 4.28. The molecule has 1 aliphatic rings. The summed E-state index contributed by atoms with van der Waals surface area (Å²) in [5, 5.41) is 2.73. The van der Waals surface area contributed by atoms with Crippen molar-refractivity contribution < 1.29 is 18.8 Å². The quantitative estimate of drug-likeness (QED) is 0.807. The van der Waals surface area contributed by atoms with Crippen LogP contribution in [0.2, 0.25) is 0 Å². The van der Waals surface area contributed by atoms with Gasteiger partial charge in [0, 0.05) is 42.7 Å². The third kappa shape index (κ3) is 4.33. The zero-order chi connectivity index (χ0) is 18.5. The molecule has 6 heteroatoms. The summed E-state index contributed by atoms with van der Waals surface area (Å²) in [6, 6.07) is 12.3. The first-order valence-electron chi connectivity index (χ1n) is 8.52. The molecule has 26 heavy (non-hydrogen) atoms. The summed E-state index contributed by atoms with van der Waals surface area (Å²) < 4.78 is 12.9. The van der Waals surface area contributed by atoms with Crippen molar-refractivity contribution in [3.05, 3.63) is 59.9 Å². The highest BCUT2D eigenvalue weighted by molar-refractivity contribution is 6.00. The number of amides is 2. The molecule has 0 spiro atoms. The molecule has 0 radical (unpaired) electrons. The number of nitrogens with one attached hydrogen (secondary N) is 1. The summed E-state index contributed by atoms with van der Waals surface area (Å²) in [7, 11) is 0. The van der Waals surface area contributed by atoms with Gasteiger partial charge in [0.2, 0.25) is 11.8 Å². The molecule has 2 aromatic carbocycles. The number of ketones is 1. The molecule has 1 heterocycles. The lowest BCUT2D eigenvalue weighted by molar-refractivity contribution is -0.117. The molecule has 1 aliphatic heterocycles. The van der Waals surface area contributed by atoms with E-state index in [1.807, 2.05) is 0 Å². The van der Waals surface area contributed by atoms with Crippen LogP contribution in [0.4, 0.5) is 15.8 Å². The zero-order valence-corrected chi connectivity index (χ0v) is 14.2. The van der Waals surface area contributed by atoms with Gasteiger partial charge in [-0.15, -0.1) is 0 Å². The number of rotatable bonds is 6. The van der Waals surface area contributed by atoms with Crippen molar-refractivity contribution in [2.24, 2.45) is 0 Å². The molecule has 1 saturated heterocycles. The fourth-order valence-corrected chi connectivity index (χ4v) is 2.88. The maximum atomic E-state index is 12.9. The predicted molar refractivity (Wildman–Crippen MR) is 96.6 cm³/mol. The van der Waals surface area contributed by atoms with Gasteiger partial charge in [0.1, 0.15) is 5.82 Å². The molecule has 0 atom stereocenters. The van der Waals surface area contributed by atoms with Crippen LogP contribution in [0, 0.1) is 5.82 Å². The first-order chi connectivity index (χ1) is 12.5. The smallest absolute Gasteiger partial charge is 0.227 e. The lowest BCUT2D eigenvalue weighted by Gasteiger charge is -2.16. The minimum Gasteiger partial charge on any atom is -0.326 e. The van der Waals surface area contributed by atoms with Gasteiger partial charge >= 0.3 is 0 Å². The molecule has 2 amide bonds. The van der Waals surface area contributed by atoms with Crippen LogP contribution in [0.15, 0.2) is 48.5 Å². The van der Waals surface area contributed by atoms with Crippen LogP contribution in [-0.2, 0) is 9.59 Å². The number of hydrogen-bond acceptors (Lipinski definition) is 3. The minimum absolute atomic E-state index is 0.0442. The summed E-state index contributed by atoms with van der Waals surface area (Å²) in [4.78, 5) is 37.5. The van der Waals surface area contributed by atoms with E-state index in [2.05, 4.69) is 5.32 Å². The van der Waals surface area contributed by atoms with E-state index in [4.69, 9.17) is 0 Å². The number of Topliss-reactive ketones (excluding diaryl/α,β-unsaturated/α-hetero) is 1. The maximum absolute atomic E-state index is 12.9. The molecule has 0 saturated carbocycles. The maximum Gasteiger partial charge on any atom is 0.227 e. The van der Waals surface area contributed by atoms with Crippen LogP contribution in [0.1, 0.15) is 36.0 Å². The number of anilines is 2. The Labute approximate surface area is 150 Å². The van der Waals surface area contributed by atoms with Crippen LogP contribution in [0.5, 0.6) is 0 Å². The van der Waals surface area contributed by atoms with Gasteiger partial charge in [-0.3, -0.25) is 14.4 Å². The first-order valence-corrected chi connectivity index (χ1v) is 8.52. The van der Waals surface area contributed by atoms with E-state index < -0.39 is 5.82 Å². The van der Waals surface area contributed by atoms with E-state index >= 15 is 0 Å². The van der Waals surface area contributed by atoms with Crippen molar-refractivity contribution in [1.82, 2.24) is 0 Å². The highest BCUT2D eigenvalue weighted by Gasteiger charge is 2.21. The number of hydrogen-bond donors (Lipinski definition) is 1. The second kappa shape index (κ2) is 7.91. The summed E-state index contributed by atoms with van der Waals surface area (Å²) in [6.45, 7) is 0.718. The molecule has 1 N–H and O–H groups in total. The average Bonchev–Trinajstić information content (AvgIpc) is 3.07. The van der Waals surface area contributed by atoms with Gasteiger partial charge < -0.3 is 10.2 Å². The van der Waals surface area contributed by atoms with Gasteiger partial charge in [0.15, 0.2) is 5.78 Å². The summed E-state index contributed by atoms with van der Waals surface area (Å²) >= 11 is 0. The Morgan fingerprint density at radius 1 is 1.00 bits per heavy atom. The SMILES string of the molecule is O=C(CCC(=O)c1ccc(F)cc1)Nc1ccc(N2CCCC2=O)cc1. The number of carbonyl (C=O) groups excluding carboxylic acids is 3. The van der Waals surface area contributed by atoms with Crippen molar-refractivity contribution in [2.75, 3.05) is 16.8 Å². The van der Waals surface area contributed by atoms with Gasteiger partial charge in [-0.25, -0.2) is 4.39 Å². The van der Waals surface area contributed by atoms with Crippen LogP contribution >= 0.6 is 0 Å². The van der Waals surface area contributed by atoms with Crippen molar-refractivity contribution in [3.63, 3.8) is 0 Å². The Morgan fingerprint density at radius 3 is 2.31 bits per heavy atom. The van der Waals surface area contributed by atoms with E-state index in [1.165, 1.54) is 24.3 Å². The Hall–Kier alpha value is -3.02. The summed E-state index contributed by atoms with van der Waals surface area (Å²) in [5.74, 6) is -0.770. The third-order valence-electron chi connectivity index (χ3n) is 4.28. The Balaban J connectivity index is 1.50. The largest absolute Gasteiger partial charge is 0.326 e. The molecule has 0 aromatic heterocycles. The van der Waals surface area contributed by atoms with Crippen molar-refractivity contribution in [2.45, 2.75) is 25.7 Å². The van der Waals surface area contributed by atoms with E-state index in [9.17, 15) is 18.8 Å². The standard InChI is InChI=1S/C20H19FN2O3/c21-15-5-3-14(4-6-15)18(24)11-12-19(25)22-16-7-9-17(10-8-16)23-13-1-2-20(23)26/h3-10H,1-2,11-13H2,(H,22,25). The topological polar surface area (TPSA) is 66.5 Å². The number of benzene rings is 2. The molecule has 2 aromatic rings. The highest BCUT2D eigenvalue weighted by Crippen LogP contribution is 2.23. The van der Waals surface area contributed by atoms with Gasteiger partial charge in [-0.2, -0.15) is 0 Å². The average molecular weight is 354 g/mol. The normalized spacial score (nSPS) is 13.7. The van der Waals surface area contributed by atoms with Crippen molar-refractivity contribution in [3.8, 4) is 0 Å². The molecular formula is C20H19FN2O3. The van der Waals surface area contributed by atoms with Crippen molar-refractivity contribution in [1.29, 1.82) is 0 Å². The van der Waals surface area contributed by atoms with E-state index in [1.54, 1.807) is 29.2 Å². The van der Waals surface area contributed by atoms with E-state index in [0.717, 1.165) is 18.7 Å². The fraction of sp³-hybridized carbons (Fsp3) is 0.250. The number of halogens is 1. The molecular weight excluding hydrogens is 335 g/mol. The number of nitrogens with zero attached hydrogens (tertiary/aromatic N) is 1. The van der Waals surface area contributed by atoms with Crippen LogP contribution in [0.25, 0.3) is 0 Å². The van der Waals surface area contributed by atoms with Gasteiger partial charge in [-0.05, 0) is 55.0 Å². The summed E-state index contributed by atoms with van der Waals surface area (Å²) in [5.41, 5.74) is 1.82. The fourth-order valence-electron chi connectivity index (χ4n) is 2.88. The number of carbonyl (C=O) groups is 3. The van der Waals surface area contributed by atoms with Crippen LogP contribution < -0.4 is 10.2 Å². The monoisotopic (exact) mass is 354 g/mol. The van der Waals surface area contributed by atoms with Gasteiger partial charge in [0.25, 0.3) is 0 Å². The molecule has 5 nitrogen and oxygen atoms in total. The molecule has 0 unspecified atom stereocenters. The Kier molecular flexibility index (Phi) is 5.41. The van der Waals surface area contributed by atoms with Gasteiger partial charge in [-0.1, -0.05) is 0 Å².